The zero-order valence-corrected chi connectivity index (χ0v) is 17.1. The lowest BCUT2D eigenvalue weighted by atomic mass is 10.0. The first kappa shape index (κ1) is 19.4. The number of carbonyl (C=O) groups excluding carboxylic acids is 2. The summed E-state index contributed by atoms with van der Waals surface area (Å²) in [5.41, 5.74) is 1.69. The van der Waals surface area contributed by atoms with Crippen molar-refractivity contribution in [3.05, 3.63) is 28.8 Å². The number of anilines is 1. The fraction of sp³-hybridized carbons (Fsp3) is 0.579. The number of aryl methyl sites for hydroxylation is 1. The topological polar surface area (TPSA) is 52.7 Å². The van der Waals surface area contributed by atoms with Crippen LogP contribution in [0.5, 0.6) is 0 Å². The number of hydrogen-bond donors (Lipinski definition) is 1. The molecule has 2 aliphatic rings. The van der Waals surface area contributed by atoms with E-state index in [9.17, 15) is 9.59 Å². The Kier molecular flexibility index (Phi) is 5.72. The highest BCUT2D eigenvalue weighted by molar-refractivity contribution is 8.00. The number of likely N-dealkylation sites (tertiary alicyclic amines) is 1. The number of urea groups is 1. The summed E-state index contributed by atoms with van der Waals surface area (Å²) in [5.74, 6) is 1.22. The van der Waals surface area contributed by atoms with Gasteiger partial charge >= 0.3 is 6.03 Å². The van der Waals surface area contributed by atoms with Gasteiger partial charge in [-0.2, -0.15) is 0 Å². The van der Waals surface area contributed by atoms with E-state index in [-0.39, 0.29) is 22.7 Å². The lowest BCUT2D eigenvalue weighted by Crippen LogP contribution is -2.55. The zero-order chi connectivity index (χ0) is 18.9. The van der Waals surface area contributed by atoms with Crippen LogP contribution in [0, 0.1) is 12.8 Å². The summed E-state index contributed by atoms with van der Waals surface area (Å²) in [6.45, 7) is 7.96. The van der Waals surface area contributed by atoms with Gasteiger partial charge in [0.05, 0.1) is 4.87 Å². The third-order valence-corrected chi connectivity index (χ3v) is 7.15. The molecule has 0 aromatic heterocycles. The van der Waals surface area contributed by atoms with Crippen molar-refractivity contribution in [1.29, 1.82) is 0 Å². The Morgan fingerprint density at radius 2 is 1.92 bits per heavy atom. The fourth-order valence-corrected chi connectivity index (χ4v) is 5.22. The molecule has 0 saturated carbocycles. The van der Waals surface area contributed by atoms with E-state index in [4.69, 9.17) is 11.6 Å². The van der Waals surface area contributed by atoms with Crippen LogP contribution >= 0.6 is 23.4 Å². The van der Waals surface area contributed by atoms with E-state index < -0.39 is 0 Å². The zero-order valence-electron chi connectivity index (χ0n) is 15.5. The molecule has 5 nitrogen and oxygen atoms in total. The standard InChI is InChI=1S/C19H26ClN3O2S/c1-13(2)17(24)23-10-11-26-19(23)6-8-22(9-7-19)18(25)21-15-5-4-14(3)16(20)12-15/h4-5,12-13H,6-11H2,1-3H3,(H,21,25). The predicted molar refractivity (Wildman–Crippen MR) is 108 cm³/mol. The van der Waals surface area contributed by atoms with Crippen molar-refractivity contribution in [2.75, 3.05) is 30.7 Å². The summed E-state index contributed by atoms with van der Waals surface area (Å²) in [5, 5.41) is 3.57. The van der Waals surface area contributed by atoms with Gasteiger partial charge in [-0.3, -0.25) is 4.79 Å². The molecule has 0 atom stereocenters. The molecule has 1 aromatic rings. The Labute approximate surface area is 164 Å². The molecule has 0 aliphatic carbocycles. The van der Waals surface area contributed by atoms with Crippen LogP contribution in [0.25, 0.3) is 0 Å². The van der Waals surface area contributed by atoms with Crippen molar-refractivity contribution in [2.24, 2.45) is 5.92 Å². The Morgan fingerprint density at radius 1 is 1.23 bits per heavy atom. The first-order valence-corrected chi connectivity index (χ1v) is 10.5. The molecule has 26 heavy (non-hydrogen) atoms. The number of nitrogens with one attached hydrogen (secondary N) is 1. The summed E-state index contributed by atoms with van der Waals surface area (Å²) in [4.78, 5) is 28.9. The number of rotatable bonds is 2. The molecule has 3 rings (SSSR count). The van der Waals surface area contributed by atoms with Crippen molar-refractivity contribution in [2.45, 2.75) is 38.5 Å². The molecule has 142 valence electrons. The minimum absolute atomic E-state index is 0.0122. The molecule has 1 N–H and O–H groups in total. The Bertz CT molecular complexity index is 702. The van der Waals surface area contributed by atoms with Crippen molar-refractivity contribution in [3.8, 4) is 0 Å². The molecule has 0 bridgehead atoms. The highest BCUT2D eigenvalue weighted by Gasteiger charge is 2.47. The largest absolute Gasteiger partial charge is 0.327 e. The van der Waals surface area contributed by atoms with E-state index in [0.717, 1.165) is 30.7 Å². The quantitative estimate of drug-likeness (QED) is 0.816. The average molecular weight is 396 g/mol. The third-order valence-electron chi connectivity index (χ3n) is 5.19. The molecule has 1 aromatic carbocycles. The summed E-state index contributed by atoms with van der Waals surface area (Å²) >= 11 is 8.00. The van der Waals surface area contributed by atoms with Crippen molar-refractivity contribution >= 4 is 41.0 Å². The molecule has 7 heteroatoms. The molecule has 2 saturated heterocycles. The second kappa shape index (κ2) is 7.69. The number of hydrogen-bond acceptors (Lipinski definition) is 3. The summed E-state index contributed by atoms with van der Waals surface area (Å²) in [6.07, 6.45) is 1.64. The van der Waals surface area contributed by atoms with Gasteiger partial charge in [-0.05, 0) is 37.5 Å². The minimum atomic E-state index is -0.134. The Hall–Kier alpha value is -1.40. The molecule has 1 spiro atoms. The third kappa shape index (κ3) is 3.81. The highest BCUT2D eigenvalue weighted by atomic mass is 35.5. The molecule has 2 fully saturated rings. The van der Waals surface area contributed by atoms with Crippen molar-refractivity contribution < 1.29 is 9.59 Å². The molecule has 2 heterocycles. The lowest BCUT2D eigenvalue weighted by molar-refractivity contribution is -0.137. The molecular weight excluding hydrogens is 370 g/mol. The van der Waals surface area contributed by atoms with Gasteiger partial charge < -0.3 is 15.1 Å². The first-order chi connectivity index (χ1) is 12.3. The molecule has 2 aliphatic heterocycles. The predicted octanol–water partition coefficient (Wildman–Crippen LogP) is 4.20. The molecule has 0 unspecified atom stereocenters. The highest BCUT2D eigenvalue weighted by Crippen LogP contribution is 2.44. The number of amides is 3. The van der Waals surface area contributed by atoms with E-state index in [2.05, 4.69) is 10.2 Å². The SMILES string of the molecule is Cc1ccc(NC(=O)N2CCC3(CC2)SCCN3C(=O)C(C)C)cc1Cl. The maximum atomic E-state index is 12.6. The van der Waals surface area contributed by atoms with Gasteiger partial charge in [0.25, 0.3) is 0 Å². The van der Waals surface area contributed by atoms with E-state index in [0.29, 0.717) is 23.8 Å². The van der Waals surface area contributed by atoms with Crippen LogP contribution in [-0.4, -0.2) is 52.0 Å². The number of benzene rings is 1. The van der Waals surface area contributed by atoms with Gasteiger partial charge in [0.1, 0.15) is 0 Å². The monoisotopic (exact) mass is 395 g/mol. The number of halogens is 1. The number of thioether (sulfide) groups is 1. The van der Waals surface area contributed by atoms with Crippen LogP contribution in [0.3, 0.4) is 0 Å². The summed E-state index contributed by atoms with van der Waals surface area (Å²) in [6, 6.07) is 5.43. The maximum Gasteiger partial charge on any atom is 0.321 e. The second-order valence-corrected chi connectivity index (χ2v) is 9.18. The van der Waals surface area contributed by atoms with Crippen LogP contribution < -0.4 is 5.32 Å². The van der Waals surface area contributed by atoms with Crippen molar-refractivity contribution in [1.82, 2.24) is 9.80 Å². The first-order valence-electron chi connectivity index (χ1n) is 9.10. The lowest BCUT2D eigenvalue weighted by Gasteiger charge is -2.44. The Balaban J connectivity index is 1.61. The van der Waals surface area contributed by atoms with Gasteiger partial charge in [-0.1, -0.05) is 31.5 Å². The van der Waals surface area contributed by atoms with Gasteiger partial charge in [0.2, 0.25) is 5.91 Å². The van der Waals surface area contributed by atoms with E-state index in [1.54, 1.807) is 6.07 Å². The second-order valence-electron chi connectivity index (χ2n) is 7.32. The minimum Gasteiger partial charge on any atom is -0.327 e. The van der Waals surface area contributed by atoms with Crippen LogP contribution in [0.1, 0.15) is 32.3 Å². The van der Waals surface area contributed by atoms with Crippen LogP contribution in [0.2, 0.25) is 5.02 Å². The average Bonchev–Trinajstić information content (AvgIpc) is 3.01. The molecule has 3 amide bonds. The van der Waals surface area contributed by atoms with Gasteiger partial charge in [-0.25, -0.2) is 4.79 Å². The number of nitrogens with zero attached hydrogens (tertiary/aromatic N) is 2. The maximum absolute atomic E-state index is 12.6. The fourth-order valence-electron chi connectivity index (χ4n) is 3.58. The van der Waals surface area contributed by atoms with Crippen LogP contribution in [-0.2, 0) is 4.79 Å². The summed E-state index contributed by atoms with van der Waals surface area (Å²) < 4.78 is 0. The smallest absolute Gasteiger partial charge is 0.321 e. The summed E-state index contributed by atoms with van der Waals surface area (Å²) in [7, 11) is 0. The van der Waals surface area contributed by atoms with E-state index >= 15 is 0 Å². The van der Waals surface area contributed by atoms with Crippen LogP contribution in [0.15, 0.2) is 18.2 Å². The van der Waals surface area contributed by atoms with E-state index in [1.165, 1.54) is 0 Å². The van der Waals surface area contributed by atoms with Crippen molar-refractivity contribution in [3.63, 3.8) is 0 Å². The van der Waals surface area contributed by atoms with Crippen LogP contribution in [0.4, 0.5) is 10.5 Å². The number of carbonyl (C=O) groups is 2. The van der Waals surface area contributed by atoms with Gasteiger partial charge in [-0.15, -0.1) is 11.8 Å². The van der Waals surface area contributed by atoms with E-state index in [1.807, 2.05) is 49.6 Å². The normalized spacial score (nSPS) is 19.3. The molecule has 0 radical (unpaired) electrons. The number of piperidine rings is 1. The molecular formula is C19H26ClN3O2S. The Morgan fingerprint density at radius 3 is 2.54 bits per heavy atom. The van der Waals surface area contributed by atoms with Gasteiger partial charge in [0, 0.05) is 42.0 Å². The van der Waals surface area contributed by atoms with Gasteiger partial charge in [0.15, 0.2) is 0 Å².